The molecule has 18 heavy (non-hydrogen) atoms. The van der Waals surface area contributed by atoms with Gasteiger partial charge in [-0.05, 0) is 25.8 Å². The maximum atomic E-state index is 5.92. The summed E-state index contributed by atoms with van der Waals surface area (Å²) < 4.78 is 11.6. The molecule has 3 heteroatoms. The van der Waals surface area contributed by atoms with Crippen LogP contribution in [-0.4, -0.2) is 38.5 Å². The number of hydrogen-bond donors (Lipinski definition) is 1. The van der Waals surface area contributed by atoms with Gasteiger partial charge in [0.15, 0.2) is 0 Å². The minimum atomic E-state index is 0.337. The Bertz CT molecular complexity index is 187. The lowest BCUT2D eigenvalue weighted by Gasteiger charge is -2.14. The SMILES string of the molecule is CCCCCCCOCC1CCC(CNCC)O1. The average molecular weight is 257 g/mol. The highest BCUT2D eigenvalue weighted by Gasteiger charge is 2.24. The Hall–Kier alpha value is -0.120. The van der Waals surface area contributed by atoms with Crippen molar-refractivity contribution in [3.63, 3.8) is 0 Å². The van der Waals surface area contributed by atoms with E-state index in [1.807, 2.05) is 0 Å². The summed E-state index contributed by atoms with van der Waals surface area (Å²) in [6.45, 7) is 8.09. The average Bonchev–Trinajstić information content (AvgIpc) is 2.83. The van der Waals surface area contributed by atoms with Crippen LogP contribution in [0.2, 0.25) is 0 Å². The molecule has 1 rings (SSSR count). The molecule has 0 spiro atoms. The molecule has 2 atom stereocenters. The minimum Gasteiger partial charge on any atom is -0.379 e. The highest BCUT2D eigenvalue weighted by atomic mass is 16.5. The summed E-state index contributed by atoms with van der Waals surface area (Å²) >= 11 is 0. The van der Waals surface area contributed by atoms with Gasteiger partial charge in [-0.2, -0.15) is 0 Å². The van der Waals surface area contributed by atoms with Crippen LogP contribution >= 0.6 is 0 Å². The summed E-state index contributed by atoms with van der Waals surface area (Å²) in [5.41, 5.74) is 0. The summed E-state index contributed by atoms with van der Waals surface area (Å²) in [5.74, 6) is 0. The summed E-state index contributed by atoms with van der Waals surface area (Å²) in [6, 6.07) is 0. The Kier molecular flexibility index (Phi) is 9.54. The summed E-state index contributed by atoms with van der Waals surface area (Å²) in [7, 11) is 0. The summed E-state index contributed by atoms with van der Waals surface area (Å²) in [5, 5.41) is 3.34. The molecule has 0 radical (unpaired) electrons. The van der Waals surface area contributed by atoms with Gasteiger partial charge in [0.05, 0.1) is 18.8 Å². The molecule has 0 saturated carbocycles. The van der Waals surface area contributed by atoms with E-state index in [0.29, 0.717) is 12.2 Å². The van der Waals surface area contributed by atoms with E-state index in [1.54, 1.807) is 0 Å². The van der Waals surface area contributed by atoms with E-state index in [1.165, 1.54) is 38.5 Å². The molecule has 0 bridgehead atoms. The normalized spacial score (nSPS) is 23.7. The Morgan fingerprint density at radius 1 is 1.06 bits per heavy atom. The van der Waals surface area contributed by atoms with Crippen molar-refractivity contribution in [3.05, 3.63) is 0 Å². The van der Waals surface area contributed by atoms with Crippen molar-refractivity contribution in [3.8, 4) is 0 Å². The molecule has 1 N–H and O–H groups in total. The molecule has 1 aliphatic heterocycles. The number of ether oxygens (including phenoxy) is 2. The van der Waals surface area contributed by atoms with Crippen LogP contribution in [0.5, 0.6) is 0 Å². The van der Waals surface area contributed by atoms with Gasteiger partial charge in [-0.25, -0.2) is 0 Å². The van der Waals surface area contributed by atoms with E-state index < -0.39 is 0 Å². The zero-order valence-electron chi connectivity index (χ0n) is 12.2. The fourth-order valence-corrected chi connectivity index (χ4v) is 2.38. The van der Waals surface area contributed by atoms with Crippen LogP contribution in [0.25, 0.3) is 0 Å². The van der Waals surface area contributed by atoms with Crippen molar-refractivity contribution >= 4 is 0 Å². The summed E-state index contributed by atoms with van der Waals surface area (Å²) in [4.78, 5) is 0. The molecule has 0 amide bonds. The van der Waals surface area contributed by atoms with Gasteiger partial charge in [0.1, 0.15) is 0 Å². The maximum Gasteiger partial charge on any atom is 0.0813 e. The second-order valence-corrected chi connectivity index (χ2v) is 5.25. The lowest BCUT2D eigenvalue weighted by molar-refractivity contribution is -0.0148. The molecule has 1 heterocycles. The monoisotopic (exact) mass is 257 g/mol. The van der Waals surface area contributed by atoms with Crippen molar-refractivity contribution < 1.29 is 9.47 Å². The zero-order chi connectivity index (χ0) is 13.1. The van der Waals surface area contributed by atoms with E-state index >= 15 is 0 Å². The standard InChI is InChI=1S/C15H31NO2/c1-3-5-6-7-8-11-17-13-15-10-9-14(18-15)12-16-4-2/h14-16H,3-13H2,1-2H3. The van der Waals surface area contributed by atoms with Crippen LogP contribution in [0, 0.1) is 0 Å². The number of nitrogens with one attached hydrogen (secondary N) is 1. The molecule has 0 aliphatic carbocycles. The first kappa shape index (κ1) is 15.9. The van der Waals surface area contributed by atoms with Gasteiger partial charge in [-0.3, -0.25) is 0 Å². The van der Waals surface area contributed by atoms with Crippen LogP contribution in [0.15, 0.2) is 0 Å². The minimum absolute atomic E-state index is 0.337. The van der Waals surface area contributed by atoms with Crippen LogP contribution < -0.4 is 5.32 Å². The lowest BCUT2D eigenvalue weighted by atomic mass is 10.2. The molecular formula is C15H31NO2. The van der Waals surface area contributed by atoms with Crippen molar-refractivity contribution in [2.45, 2.75) is 71.0 Å². The first-order chi connectivity index (χ1) is 8.86. The predicted molar refractivity (Wildman–Crippen MR) is 76.0 cm³/mol. The number of rotatable bonds is 11. The fourth-order valence-electron chi connectivity index (χ4n) is 2.38. The molecule has 3 nitrogen and oxygen atoms in total. The number of hydrogen-bond acceptors (Lipinski definition) is 3. The first-order valence-corrected chi connectivity index (χ1v) is 7.80. The topological polar surface area (TPSA) is 30.5 Å². The van der Waals surface area contributed by atoms with Gasteiger partial charge in [-0.15, -0.1) is 0 Å². The molecule has 0 aromatic heterocycles. The van der Waals surface area contributed by atoms with E-state index in [4.69, 9.17) is 9.47 Å². The highest BCUT2D eigenvalue weighted by Crippen LogP contribution is 2.19. The number of likely N-dealkylation sites (N-methyl/N-ethyl adjacent to an activating group) is 1. The molecule has 1 fully saturated rings. The maximum absolute atomic E-state index is 5.92. The van der Waals surface area contributed by atoms with Crippen molar-refractivity contribution in [2.75, 3.05) is 26.3 Å². The van der Waals surface area contributed by atoms with Gasteiger partial charge in [0.2, 0.25) is 0 Å². The highest BCUT2D eigenvalue weighted by molar-refractivity contribution is 4.74. The Balaban J connectivity index is 1.88. The Morgan fingerprint density at radius 2 is 1.83 bits per heavy atom. The van der Waals surface area contributed by atoms with Gasteiger partial charge < -0.3 is 14.8 Å². The molecule has 108 valence electrons. The number of unbranched alkanes of at least 4 members (excludes halogenated alkanes) is 4. The second kappa shape index (κ2) is 10.8. The predicted octanol–water partition coefficient (Wildman–Crippen LogP) is 3.13. The van der Waals surface area contributed by atoms with E-state index in [-0.39, 0.29) is 0 Å². The van der Waals surface area contributed by atoms with E-state index in [2.05, 4.69) is 19.2 Å². The smallest absolute Gasteiger partial charge is 0.0813 e. The second-order valence-electron chi connectivity index (χ2n) is 5.25. The quantitative estimate of drug-likeness (QED) is 0.577. The van der Waals surface area contributed by atoms with Crippen LogP contribution in [0.4, 0.5) is 0 Å². The van der Waals surface area contributed by atoms with Gasteiger partial charge in [0.25, 0.3) is 0 Å². The first-order valence-electron chi connectivity index (χ1n) is 7.80. The van der Waals surface area contributed by atoms with E-state index in [9.17, 15) is 0 Å². The van der Waals surface area contributed by atoms with E-state index in [0.717, 1.165) is 32.7 Å². The van der Waals surface area contributed by atoms with Gasteiger partial charge in [0, 0.05) is 13.2 Å². The third-order valence-electron chi connectivity index (χ3n) is 3.51. The molecule has 1 aliphatic rings. The lowest BCUT2D eigenvalue weighted by Crippen LogP contribution is -2.27. The van der Waals surface area contributed by atoms with Crippen LogP contribution in [-0.2, 0) is 9.47 Å². The van der Waals surface area contributed by atoms with Crippen molar-refractivity contribution in [1.82, 2.24) is 5.32 Å². The molecule has 2 unspecified atom stereocenters. The third-order valence-corrected chi connectivity index (χ3v) is 3.51. The Labute approximate surface area is 113 Å². The summed E-state index contributed by atoms with van der Waals surface area (Å²) in [6.07, 6.45) is 9.61. The van der Waals surface area contributed by atoms with Gasteiger partial charge in [-0.1, -0.05) is 39.5 Å². The van der Waals surface area contributed by atoms with Crippen molar-refractivity contribution in [2.24, 2.45) is 0 Å². The zero-order valence-corrected chi connectivity index (χ0v) is 12.2. The molecule has 0 aromatic rings. The fraction of sp³-hybridized carbons (Fsp3) is 1.00. The van der Waals surface area contributed by atoms with Crippen molar-refractivity contribution in [1.29, 1.82) is 0 Å². The molecule has 1 saturated heterocycles. The van der Waals surface area contributed by atoms with Crippen LogP contribution in [0.1, 0.15) is 58.8 Å². The van der Waals surface area contributed by atoms with Gasteiger partial charge >= 0.3 is 0 Å². The van der Waals surface area contributed by atoms with Crippen LogP contribution in [0.3, 0.4) is 0 Å². The molecule has 0 aromatic carbocycles. The largest absolute Gasteiger partial charge is 0.379 e. The Morgan fingerprint density at radius 3 is 2.61 bits per heavy atom. The molecular weight excluding hydrogens is 226 g/mol. The third kappa shape index (κ3) is 7.34.